The van der Waals surface area contributed by atoms with Crippen LogP contribution in [0.1, 0.15) is 40.9 Å². The van der Waals surface area contributed by atoms with Crippen molar-refractivity contribution < 1.29 is 22.8 Å². The lowest BCUT2D eigenvalue weighted by atomic mass is 9.80. The third-order valence-electron chi connectivity index (χ3n) is 4.95. The van der Waals surface area contributed by atoms with Gasteiger partial charge in [-0.25, -0.2) is 0 Å². The molecular formula is C23H21NO5S. The average molecular weight is 423 g/mol. The van der Waals surface area contributed by atoms with Crippen molar-refractivity contribution in [2.75, 3.05) is 0 Å². The summed E-state index contributed by atoms with van der Waals surface area (Å²) in [7, 11) is -4.09. The number of sulfonamides is 1. The Morgan fingerprint density at radius 1 is 0.933 bits per heavy atom. The second-order valence-corrected chi connectivity index (χ2v) is 8.92. The van der Waals surface area contributed by atoms with E-state index in [4.69, 9.17) is 0 Å². The van der Waals surface area contributed by atoms with Crippen molar-refractivity contribution in [3.63, 3.8) is 0 Å². The molecule has 7 heteroatoms. The molecule has 30 heavy (non-hydrogen) atoms. The number of rotatable bonds is 5. The lowest BCUT2D eigenvalue weighted by Gasteiger charge is -2.21. The number of hydrogen-bond donors (Lipinski definition) is 0. The number of benzene rings is 2. The summed E-state index contributed by atoms with van der Waals surface area (Å²) in [5, 5.41) is 0. The number of Topliss-reactive ketones (excluding diaryl/α,β-unsaturated/α-hetero) is 3. The Kier molecular flexibility index (Phi) is 5.67. The van der Waals surface area contributed by atoms with Crippen LogP contribution >= 0.6 is 0 Å². The van der Waals surface area contributed by atoms with Crippen molar-refractivity contribution in [2.45, 2.75) is 32.6 Å². The van der Waals surface area contributed by atoms with Crippen LogP contribution in [0.5, 0.6) is 0 Å². The normalized spacial score (nSPS) is 15.2. The third kappa shape index (κ3) is 3.93. The van der Waals surface area contributed by atoms with Gasteiger partial charge in [-0.1, -0.05) is 42.0 Å². The molecule has 0 saturated carbocycles. The molecule has 1 aliphatic carbocycles. The number of carbonyl (C=O) groups excluding carboxylic acids is 3. The Bertz CT molecular complexity index is 1240. The van der Waals surface area contributed by atoms with Crippen LogP contribution in [-0.2, 0) is 19.6 Å². The van der Waals surface area contributed by atoms with E-state index in [1.807, 2.05) is 6.92 Å². The molecule has 154 valence electrons. The lowest BCUT2D eigenvalue weighted by molar-refractivity contribution is -0.128. The van der Waals surface area contributed by atoms with Crippen LogP contribution in [0.15, 0.2) is 63.4 Å². The van der Waals surface area contributed by atoms with Gasteiger partial charge in [0.2, 0.25) is 0 Å². The largest absolute Gasteiger partial charge is 0.299 e. The fraction of sp³-hybridized carbons (Fsp3) is 0.217. The third-order valence-corrected chi connectivity index (χ3v) is 6.40. The maximum Gasteiger partial charge on any atom is 0.283 e. The fourth-order valence-corrected chi connectivity index (χ4v) is 4.85. The van der Waals surface area contributed by atoms with Gasteiger partial charge in [-0.15, -0.1) is 0 Å². The predicted molar refractivity (Wildman–Crippen MR) is 113 cm³/mol. The van der Waals surface area contributed by atoms with E-state index in [1.165, 1.54) is 32.1 Å². The van der Waals surface area contributed by atoms with Gasteiger partial charge in [0.25, 0.3) is 10.0 Å². The zero-order chi connectivity index (χ0) is 22.2. The van der Waals surface area contributed by atoms with E-state index in [0.29, 0.717) is 11.1 Å². The first-order chi connectivity index (χ1) is 14.0. The topological polar surface area (TPSA) is 97.7 Å². The van der Waals surface area contributed by atoms with Crippen molar-refractivity contribution in [1.82, 2.24) is 0 Å². The summed E-state index contributed by atoms with van der Waals surface area (Å²) in [6.07, 6.45) is 1.25. The molecule has 0 aliphatic heterocycles. The zero-order valence-electron chi connectivity index (χ0n) is 17.1. The minimum atomic E-state index is -4.09. The molecule has 0 N–H and O–H groups in total. The number of nitrogens with zero attached hydrogens (tertiary/aromatic N) is 1. The molecule has 0 atom stereocenters. The second-order valence-electron chi connectivity index (χ2n) is 7.35. The minimum Gasteiger partial charge on any atom is -0.299 e. The maximum absolute atomic E-state index is 13.0. The molecule has 0 heterocycles. The van der Waals surface area contributed by atoms with Gasteiger partial charge in [0.05, 0.1) is 10.6 Å². The van der Waals surface area contributed by atoms with Gasteiger partial charge in [0.1, 0.15) is 17.5 Å². The highest BCUT2D eigenvalue weighted by molar-refractivity contribution is 7.90. The molecule has 2 aromatic carbocycles. The van der Waals surface area contributed by atoms with Crippen LogP contribution in [0.3, 0.4) is 0 Å². The Labute approximate surface area is 175 Å². The standard InChI is InChI=1S/C23H21NO5S/c1-13-9-10-21(14(2)11-13)30(28,29)24-20-12-19(22(15(3)25)16(4)26)23(27)18-8-6-5-7-17(18)20/h5-12,22H,1-4H3. The van der Waals surface area contributed by atoms with Gasteiger partial charge in [-0.05, 0) is 45.4 Å². The second kappa shape index (κ2) is 7.91. The zero-order valence-corrected chi connectivity index (χ0v) is 17.9. The highest BCUT2D eigenvalue weighted by Gasteiger charge is 2.34. The maximum atomic E-state index is 13.0. The molecule has 0 amide bonds. The first-order valence-corrected chi connectivity index (χ1v) is 10.8. The highest BCUT2D eigenvalue weighted by Crippen LogP contribution is 2.29. The van der Waals surface area contributed by atoms with Crippen molar-refractivity contribution in [1.29, 1.82) is 0 Å². The van der Waals surface area contributed by atoms with E-state index in [-0.39, 0.29) is 21.7 Å². The predicted octanol–water partition coefficient (Wildman–Crippen LogP) is 3.40. The van der Waals surface area contributed by atoms with Crippen LogP contribution in [-0.4, -0.2) is 31.5 Å². The van der Waals surface area contributed by atoms with Crippen LogP contribution in [0.4, 0.5) is 0 Å². The van der Waals surface area contributed by atoms with E-state index in [1.54, 1.807) is 37.3 Å². The molecule has 1 aliphatic rings. The monoisotopic (exact) mass is 423 g/mol. The molecule has 0 aromatic heterocycles. The number of hydrogen-bond acceptors (Lipinski definition) is 5. The summed E-state index contributed by atoms with van der Waals surface area (Å²) in [6.45, 7) is 5.99. The van der Waals surface area contributed by atoms with Gasteiger partial charge in [-0.3, -0.25) is 14.4 Å². The molecule has 0 unspecified atom stereocenters. The number of fused-ring (bicyclic) bond motifs is 1. The van der Waals surface area contributed by atoms with Crippen LogP contribution in [0.2, 0.25) is 0 Å². The summed E-state index contributed by atoms with van der Waals surface area (Å²) in [5.41, 5.74) is 1.97. The van der Waals surface area contributed by atoms with Crippen molar-refractivity contribution in [3.8, 4) is 0 Å². The molecular weight excluding hydrogens is 402 g/mol. The number of aryl methyl sites for hydroxylation is 2. The Morgan fingerprint density at radius 2 is 1.53 bits per heavy atom. The summed E-state index contributed by atoms with van der Waals surface area (Å²) < 4.78 is 30.1. The smallest absolute Gasteiger partial charge is 0.283 e. The molecule has 0 fully saturated rings. The number of carbonyl (C=O) groups is 3. The van der Waals surface area contributed by atoms with Gasteiger partial charge in [-0.2, -0.15) is 12.8 Å². The van der Waals surface area contributed by atoms with Crippen LogP contribution < -0.4 is 0 Å². The summed E-state index contributed by atoms with van der Waals surface area (Å²) in [6, 6.07) is 11.3. The van der Waals surface area contributed by atoms with Crippen LogP contribution in [0, 0.1) is 19.8 Å². The van der Waals surface area contributed by atoms with Crippen LogP contribution in [0.25, 0.3) is 0 Å². The lowest BCUT2D eigenvalue weighted by Crippen LogP contribution is -2.30. The van der Waals surface area contributed by atoms with Gasteiger partial charge < -0.3 is 0 Å². The average Bonchev–Trinajstić information content (AvgIpc) is 2.64. The Morgan fingerprint density at radius 3 is 2.10 bits per heavy atom. The molecule has 0 saturated heterocycles. The SMILES string of the molecule is CC(=O)C(C(C)=O)C1=CC(=NS(=O)(=O)c2ccc(C)cc2C)c2ccccc2C1=O. The summed E-state index contributed by atoms with van der Waals surface area (Å²) in [5.74, 6) is -2.72. The number of ketones is 3. The highest BCUT2D eigenvalue weighted by atomic mass is 32.2. The van der Waals surface area contributed by atoms with Gasteiger partial charge in [0.15, 0.2) is 5.78 Å². The Balaban J connectivity index is 2.26. The van der Waals surface area contributed by atoms with Gasteiger partial charge in [0, 0.05) is 16.7 Å². The summed E-state index contributed by atoms with van der Waals surface area (Å²) >= 11 is 0. The first kappa shape index (κ1) is 21.5. The van der Waals surface area contributed by atoms with Gasteiger partial charge >= 0.3 is 0 Å². The Hall–Kier alpha value is -3.19. The van der Waals surface area contributed by atoms with Crippen molar-refractivity contribution >= 4 is 33.1 Å². The molecule has 0 bridgehead atoms. The first-order valence-electron chi connectivity index (χ1n) is 9.31. The van der Waals surface area contributed by atoms with Crippen molar-refractivity contribution in [2.24, 2.45) is 10.3 Å². The fourth-order valence-electron chi connectivity index (χ4n) is 3.63. The molecule has 3 rings (SSSR count). The minimum absolute atomic E-state index is 0.0210. The van der Waals surface area contributed by atoms with E-state index < -0.39 is 33.3 Å². The molecule has 0 radical (unpaired) electrons. The number of allylic oxidation sites excluding steroid dienone is 2. The van der Waals surface area contributed by atoms with Crippen molar-refractivity contribution in [3.05, 3.63) is 76.4 Å². The quantitative estimate of drug-likeness (QED) is 0.687. The summed E-state index contributed by atoms with van der Waals surface area (Å²) in [4.78, 5) is 37.1. The molecule has 0 spiro atoms. The van der Waals surface area contributed by atoms with E-state index in [0.717, 1.165) is 5.56 Å². The molecule has 2 aromatic rings. The van der Waals surface area contributed by atoms with E-state index in [2.05, 4.69) is 4.40 Å². The molecule has 6 nitrogen and oxygen atoms in total. The van der Waals surface area contributed by atoms with E-state index in [9.17, 15) is 22.8 Å². The van der Waals surface area contributed by atoms with E-state index >= 15 is 0 Å².